The first-order chi connectivity index (χ1) is 21.1. The molecule has 1 fully saturated rings. The minimum Gasteiger partial charge on any atom is -0.404 e. The number of carbonyl (C=O) groups excluding carboxylic acids is 1. The molecule has 3 aromatic carbocycles. The number of Topliss-reactive ketones (excluding diaryl/α,β-unsaturated/α-hetero) is 1. The second-order valence-electron chi connectivity index (χ2n) is 12.5. The van der Waals surface area contributed by atoms with E-state index in [-0.39, 0.29) is 5.92 Å². The molecule has 2 heterocycles. The smallest absolute Gasteiger partial charge is 0.166 e. The molecule has 1 atom stereocenters. The average molecular weight is 571 g/mol. The van der Waals surface area contributed by atoms with Gasteiger partial charge in [-0.25, -0.2) is 0 Å². The van der Waals surface area contributed by atoms with Gasteiger partial charge in [-0.2, -0.15) is 5.26 Å². The Bertz CT molecular complexity index is 1540. The van der Waals surface area contributed by atoms with E-state index in [2.05, 4.69) is 70.5 Å². The molecule has 1 saturated heterocycles. The van der Waals surface area contributed by atoms with Crippen molar-refractivity contribution < 1.29 is 4.79 Å². The van der Waals surface area contributed by atoms with Gasteiger partial charge in [0.1, 0.15) is 0 Å². The number of carbonyl (C=O) groups is 1. The van der Waals surface area contributed by atoms with Crippen molar-refractivity contribution in [3.63, 3.8) is 0 Å². The Morgan fingerprint density at radius 1 is 0.977 bits per heavy atom. The van der Waals surface area contributed by atoms with Gasteiger partial charge in [0.05, 0.1) is 11.6 Å². The van der Waals surface area contributed by atoms with Gasteiger partial charge in [-0.05, 0) is 109 Å². The predicted octanol–water partition coefficient (Wildman–Crippen LogP) is 6.69. The molecule has 5 heteroatoms. The Balaban J connectivity index is 0.997. The van der Waals surface area contributed by atoms with Crippen molar-refractivity contribution in [1.29, 1.82) is 5.26 Å². The number of rotatable bonds is 9. The number of nitrogens with two attached hydrogens (primary N) is 1. The maximum atomic E-state index is 13.3. The van der Waals surface area contributed by atoms with Crippen LogP contribution in [-0.2, 0) is 13.0 Å². The first-order valence-electron chi connectivity index (χ1n) is 15.9. The van der Waals surface area contributed by atoms with E-state index in [0.29, 0.717) is 17.3 Å². The molecule has 2 aliphatic heterocycles. The van der Waals surface area contributed by atoms with Crippen LogP contribution in [0, 0.1) is 23.2 Å². The fourth-order valence-electron chi connectivity index (χ4n) is 7.16. The second kappa shape index (κ2) is 13.5. The molecule has 6 rings (SSSR count). The molecule has 1 unspecified atom stereocenters. The summed E-state index contributed by atoms with van der Waals surface area (Å²) in [7, 11) is 0. The number of benzene rings is 3. The zero-order chi connectivity index (χ0) is 29.6. The second-order valence-corrected chi connectivity index (χ2v) is 12.5. The summed E-state index contributed by atoms with van der Waals surface area (Å²) in [4.78, 5) is 18.4. The molecule has 0 bridgehead atoms. The van der Waals surface area contributed by atoms with Crippen LogP contribution in [0.5, 0.6) is 0 Å². The fourth-order valence-corrected chi connectivity index (χ4v) is 7.16. The molecule has 0 aromatic heterocycles. The van der Waals surface area contributed by atoms with Gasteiger partial charge >= 0.3 is 0 Å². The summed E-state index contributed by atoms with van der Waals surface area (Å²) in [5.74, 6) is 1.15. The highest BCUT2D eigenvalue weighted by molar-refractivity contribution is 6.02. The minimum atomic E-state index is 0.144. The van der Waals surface area contributed by atoms with Crippen LogP contribution in [0.4, 0.5) is 0 Å². The number of nitrogens with zero attached hydrogens (tertiary/aromatic N) is 3. The van der Waals surface area contributed by atoms with Gasteiger partial charge in [-0.3, -0.25) is 14.6 Å². The van der Waals surface area contributed by atoms with Crippen molar-refractivity contribution in [2.24, 2.45) is 17.6 Å². The van der Waals surface area contributed by atoms with E-state index in [1.165, 1.54) is 35.1 Å². The Hall–Kier alpha value is -3.98. The number of nitriles is 1. The minimum absolute atomic E-state index is 0.144. The average Bonchev–Trinajstić information content (AvgIpc) is 3.37. The summed E-state index contributed by atoms with van der Waals surface area (Å²) in [6, 6.07) is 27.2. The van der Waals surface area contributed by atoms with Gasteiger partial charge in [0.25, 0.3) is 0 Å². The summed E-state index contributed by atoms with van der Waals surface area (Å²) in [6.45, 7) is 6.12. The van der Waals surface area contributed by atoms with E-state index in [0.717, 1.165) is 81.7 Å². The van der Waals surface area contributed by atoms with Crippen LogP contribution in [0.25, 0.3) is 11.1 Å². The van der Waals surface area contributed by atoms with Crippen molar-refractivity contribution in [2.45, 2.75) is 45.1 Å². The molecule has 5 nitrogen and oxygen atoms in total. The van der Waals surface area contributed by atoms with Gasteiger partial charge in [0.2, 0.25) is 0 Å². The monoisotopic (exact) mass is 570 g/mol. The van der Waals surface area contributed by atoms with Crippen molar-refractivity contribution in [3.8, 4) is 6.07 Å². The van der Waals surface area contributed by atoms with Gasteiger partial charge < -0.3 is 5.73 Å². The van der Waals surface area contributed by atoms with Crippen molar-refractivity contribution in [2.75, 3.05) is 32.7 Å². The topological polar surface area (TPSA) is 73.4 Å². The normalized spacial score (nSPS) is 20.1. The largest absolute Gasteiger partial charge is 0.404 e. The zero-order valence-electron chi connectivity index (χ0n) is 25.1. The van der Waals surface area contributed by atoms with E-state index in [1.807, 2.05) is 24.3 Å². The first kappa shape index (κ1) is 29.1. The molecular weight excluding hydrogens is 528 g/mol. The lowest BCUT2D eigenvalue weighted by atomic mass is 9.85. The molecule has 0 amide bonds. The molecule has 220 valence electrons. The van der Waals surface area contributed by atoms with Crippen LogP contribution in [0.15, 0.2) is 85.1 Å². The van der Waals surface area contributed by atoms with Gasteiger partial charge in [-0.15, -0.1) is 0 Å². The van der Waals surface area contributed by atoms with E-state index in [9.17, 15) is 10.1 Å². The van der Waals surface area contributed by atoms with Crippen molar-refractivity contribution >= 4 is 16.9 Å². The summed E-state index contributed by atoms with van der Waals surface area (Å²) in [5, 5.41) is 9.23. The van der Waals surface area contributed by atoms with Crippen LogP contribution < -0.4 is 5.73 Å². The number of piperidine rings is 1. The number of likely N-dealkylation sites (tertiary alicyclic amines) is 1. The predicted molar refractivity (Wildman–Crippen MR) is 174 cm³/mol. The van der Waals surface area contributed by atoms with Crippen LogP contribution in [0.2, 0.25) is 0 Å². The maximum Gasteiger partial charge on any atom is 0.166 e. The highest BCUT2D eigenvalue weighted by atomic mass is 16.1. The van der Waals surface area contributed by atoms with Crippen molar-refractivity contribution in [1.82, 2.24) is 9.80 Å². The number of hydrogen-bond donors (Lipinski definition) is 1. The van der Waals surface area contributed by atoms with Crippen LogP contribution in [0.3, 0.4) is 0 Å². The summed E-state index contributed by atoms with van der Waals surface area (Å²) in [6.07, 6.45) is 10.2. The summed E-state index contributed by atoms with van der Waals surface area (Å²) >= 11 is 0. The van der Waals surface area contributed by atoms with Gasteiger partial charge in [0.15, 0.2) is 5.78 Å². The molecule has 0 radical (unpaired) electrons. The highest BCUT2D eigenvalue weighted by Gasteiger charge is 2.33. The van der Waals surface area contributed by atoms with E-state index < -0.39 is 0 Å². The molecule has 3 aromatic rings. The maximum absolute atomic E-state index is 13.3. The zero-order valence-corrected chi connectivity index (χ0v) is 25.1. The van der Waals surface area contributed by atoms with E-state index in [1.54, 1.807) is 6.20 Å². The van der Waals surface area contributed by atoms with Crippen molar-refractivity contribution in [3.05, 3.63) is 118 Å². The first-order valence-corrected chi connectivity index (χ1v) is 15.9. The van der Waals surface area contributed by atoms with Gasteiger partial charge in [-0.1, -0.05) is 66.7 Å². The number of fused-ring (bicyclic) bond motifs is 1. The Morgan fingerprint density at radius 2 is 1.81 bits per heavy atom. The van der Waals surface area contributed by atoms with Gasteiger partial charge in [0, 0.05) is 37.7 Å². The summed E-state index contributed by atoms with van der Waals surface area (Å²) < 4.78 is 0. The summed E-state index contributed by atoms with van der Waals surface area (Å²) in [5.41, 5.74) is 15.0. The van der Waals surface area contributed by atoms with E-state index >= 15 is 0 Å². The molecule has 3 aliphatic rings. The molecule has 1 aliphatic carbocycles. The highest BCUT2D eigenvalue weighted by Crippen LogP contribution is 2.36. The molecule has 2 N–H and O–H groups in total. The third-order valence-electron chi connectivity index (χ3n) is 9.71. The lowest BCUT2D eigenvalue weighted by molar-refractivity contribution is 0.0895. The molecule has 0 saturated carbocycles. The Kier molecular flexibility index (Phi) is 9.17. The van der Waals surface area contributed by atoms with E-state index in [4.69, 9.17) is 5.73 Å². The fraction of sp³-hybridized carbons (Fsp3) is 0.368. The third-order valence-corrected chi connectivity index (χ3v) is 9.71. The Morgan fingerprint density at radius 3 is 2.56 bits per heavy atom. The Labute approximate surface area is 256 Å². The van der Waals surface area contributed by atoms with Crippen LogP contribution >= 0.6 is 0 Å². The SMILES string of the molecule is N#Cc1cccc(/C(=C\N)CCN2CC=C(c3ccc4c(c3)CC(CC3CCN(Cc5ccccc5)CC3)C4=O)CC2)c1. The number of ketones is 1. The lowest BCUT2D eigenvalue weighted by Gasteiger charge is -2.33. The third kappa shape index (κ3) is 6.99. The molecular formula is C38H42N4O. The lowest BCUT2D eigenvalue weighted by Crippen LogP contribution is -2.34. The molecule has 43 heavy (non-hydrogen) atoms. The number of hydrogen-bond acceptors (Lipinski definition) is 5. The quantitative estimate of drug-likeness (QED) is 0.310. The van der Waals surface area contributed by atoms with Crippen LogP contribution in [0.1, 0.15) is 70.3 Å². The standard InChI is InChI=1S/C38H42N4O/c39-25-30-7-4-8-32(22-30)34(26-40)15-20-41-18-13-31(14-19-41)33-9-10-37-35(23-33)24-36(38(37)43)21-28-11-16-42(17-12-28)27-29-5-2-1-3-6-29/h1-10,13,22-23,26,28,36H,11-12,14-21,24,27,40H2/b34-26-. The molecule has 0 spiro atoms. The van der Waals surface area contributed by atoms with Crippen LogP contribution in [-0.4, -0.2) is 48.3 Å².